The van der Waals surface area contributed by atoms with Gasteiger partial charge in [-0.3, -0.25) is 9.79 Å². The molecular weight excluding hydrogens is 166 g/mol. The maximum absolute atomic E-state index is 10.8. The number of rotatable bonds is 3. The van der Waals surface area contributed by atoms with Gasteiger partial charge in [0.1, 0.15) is 0 Å². The van der Waals surface area contributed by atoms with Crippen LogP contribution >= 0.6 is 0 Å². The Bertz CT molecular complexity index is 264. The molecule has 3 heteroatoms. The molecule has 1 aliphatic heterocycles. The minimum absolute atomic E-state index is 0.0918. The van der Waals surface area contributed by atoms with E-state index >= 15 is 0 Å². The fraction of sp³-hybridized carbons (Fsp3) is 0.600. The summed E-state index contributed by atoms with van der Waals surface area (Å²) in [5, 5.41) is 0. The first kappa shape index (κ1) is 9.96. The van der Waals surface area contributed by atoms with E-state index in [9.17, 15) is 4.79 Å². The number of aliphatic imine (C=N–C) groups is 1. The minimum Gasteiger partial charge on any atom is -0.469 e. The molecule has 0 unspecified atom stereocenters. The van der Waals surface area contributed by atoms with E-state index in [1.165, 1.54) is 7.11 Å². The zero-order valence-corrected chi connectivity index (χ0v) is 8.33. The molecule has 1 rings (SSSR count). The molecule has 0 aromatic rings. The van der Waals surface area contributed by atoms with Crippen LogP contribution in [0.1, 0.15) is 26.7 Å². The van der Waals surface area contributed by atoms with Crippen molar-refractivity contribution in [2.24, 2.45) is 4.99 Å². The Morgan fingerprint density at radius 3 is 2.77 bits per heavy atom. The molecular formula is C10H15NO2. The molecule has 0 bridgehead atoms. The van der Waals surface area contributed by atoms with Crippen molar-refractivity contribution in [2.75, 3.05) is 7.11 Å². The summed E-state index contributed by atoms with van der Waals surface area (Å²) < 4.78 is 4.55. The van der Waals surface area contributed by atoms with E-state index < -0.39 is 0 Å². The maximum Gasteiger partial charge on any atom is 0.305 e. The van der Waals surface area contributed by atoms with Crippen molar-refractivity contribution in [3.8, 4) is 0 Å². The summed E-state index contributed by atoms with van der Waals surface area (Å²) in [6, 6.07) is 0. The second-order valence-corrected chi connectivity index (χ2v) is 3.71. The highest BCUT2D eigenvalue weighted by Gasteiger charge is 2.18. The Kier molecular flexibility index (Phi) is 2.86. The summed E-state index contributed by atoms with van der Waals surface area (Å²) in [5.41, 5.74) is 1.03. The molecule has 0 atom stereocenters. The van der Waals surface area contributed by atoms with Gasteiger partial charge in [-0.05, 0) is 25.8 Å². The lowest BCUT2D eigenvalue weighted by atomic mass is 10.0. The summed E-state index contributed by atoms with van der Waals surface area (Å²) in [5.74, 6) is -0.168. The van der Waals surface area contributed by atoms with Crippen molar-refractivity contribution in [1.29, 1.82) is 0 Å². The van der Waals surface area contributed by atoms with Gasteiger partial charge in [0, 0.05) is 12.6 Å². The summed E-state index contributed by atoms with van der Waals surface area (Å²) in [6.07, 6.45) is 5.07. The lowest BCUT2D eigenvalue weighted by Gasteiger charge is -2.08. The molecule has 0 saturated heterocycles. The average molecular weight is 181 g/mol. The fourth-order valence-corrected chi connectivity index (χ4v) is 1.26. The first-order chi connectivity index (χ1) is 6.03. The zero-order chi connectivity index (χ0) is 9.90. The third kappa shape index (κ3) is 3.01. The van der Waals surface area contributed by atoms with Crippen LogP contribution in [0.2, 0.25) is 0 Å². The van der Waals surface area contributed by atoms with Crippen LogP contribution in [-0.4, -0.2) is 24.8 Å². The molecule has 3 nitrogen and oxygen atoms in total. The van der Waals surface area contributed by atoms with Crippen molar-refractivity contribution in [3.05, 3.63) is 11.6 Å². The van der Waals surface area contributed by atoms with Crippen molar-refractivity contribution >= 4 is 12.2 Å². The first-order valence-electron chi connectivity index (χ1n) is 4.37. The van der Waals surface area contributed by atoms with Crippen LogP contribution in [0.3, 0.4) is 0 Å². The number of carbonyl (C=O) groups excluding carboxylic acids is 1. The highest BCUT2D eigenvalue weighted by Crippen LogP contribution is 2.21. The van der Waals surface area contributed by atoms with Crippen LogP contribution in [0.5, 0.6) is 0 Å². The number of hydrogen-bond acceptors (Lipinski definition) is 3. The molecule has 0 fully saturated rings. The Hall–Kier alpha value is -1.12. The van der Waals surface area contributed by atoms with Gasteiger partial charge >= 0.3 is 5.97 Å². The summed E-state index contributed by atoms with van der Waals surface area (Å²) in [7, 11) is 1.41. The van der Waals surface area contributed by atoms with Gasteiger partial charge in [-0.1, -0.05) is 6.08 Å². The molecule has 1 heterocycles. The third-order valence-electron chi connectivity index (χ3n) is 1.95. The van der Waals surface area contributed by atoms with E-state index in [2.05, 4.69) is 15.8 Å². The maximum atomic E-state index is 10.8. The number of carbonyl (C=O) groups is 1. The van der Waals surface area contributed by atoms with Gasteiger partial charge in [0.05, 0.1) is 12.6 Å². The third-order valence-corrected chi connectivity index (χ3v) is 1.95. The number of esters is 1. The number of nitrogens with zero attached hydrogens (tertiary/aromatic N) is 1. The van der Waals surface area contributed by atoms with E-state index in [0.29, 0.717) is 6.42 Å². The molecule has 0 aromatic heterocycles. The van der Waals surface area contributed by atoms with Crippen LogP contribution in [0, 0.1) is 0 Å². The van der Waals surface area contributed by atoms with Crippen molar-refractivity contribution < 1.29 is 9.53 Å². The van der Waals surface area contributed by atoms with E-state index in [4.69, 9.17) is 0 Å². The Morgan fingerprint density at radius 1 is 1.62 bits per heavy atom. The fourth-order valence-electron chi connectivity index (χ4n) is 1.26. The van der Waals surface area contributed by atoms with Crippen LogP contribution < -0.4 is 0 Å². The van der Waals surface area contributed by atoms with Crippen molar-refractivity contribution in [3.63, 3.8) is 0 Å². The number of methoxy groups -OCH3 is 1. The minimum atomic E-state index is -0.168. The van der Waals surface area contributed by atoms with Gasteiger partial charge in [0.15, 0.2) is 0 Å². The lowest BCUT2D eigenvalue weighted by molar-refractivity contribution is -0.140. The second-order valence-electron chi connectivity index (χ2n) is 3.71. The molecule has 0 spiro atoms. The molecule has 0 aliphatic carbocycles. The SMILES string of the molecule is COC(=O)CCC1=CC(C)(C)N=C1. The van der Waals surface area contributed by atoms with Crippen LogP contribution in [0.4, 0.5) is 0 Å². The van der Waals surface area contributed by atoms with Gasteiger partial charge in [-0.2, -0.15) is 0 Å². The number of ether oxygens (including phenoxy) is 1. The largest absolute Gasteiger partial charge is 0.469 e. The highest BCUT2D eigenvalue weighted by atomic mass is 16.5. The molecule has 0 N–H and O–H groups in total. The normalized spacial score (nSPS) is 18.5. The molecule has 0 amide bonds. The van der Waals surface area contributed by atoms with Gasteiger partial charge in [-0.25, -0.2) is 0 Å². The average Bonchev–Trinajstić information content (AvgIpc) is 2.41. The summed E-state index contributed by atoms with van der Waals surface area (Å²) in [4.78, 5) is 15.1. The molecule has 0 aromatic carbocycles. The predicted octanol–water partition coefficient (Wildman–Crippen LogP) is 1.73. The smallest absolute Gasteiger partial charge is 0.305 e. The first-order valence-corrected chi connectivity index (χ1v) is 4.37. The van der Waals surface area contributed by atoms with Gasteiger partial charge < -0.3 is 4.74 Å². The van der Waals surface area contributed by atoms with Gasteiger partial charge in [0.25, 0.3) is 0 Å². The number of allylic oxidation sites excluding steroid dienone is 1. The van der Waals surface area contributed by atoms with Gasteiger partial charge in [-0.15, -0.1) is 0 Å². The zero-order valence-electron chi connectivity index (χ0n) is 8.33. The molecule has 1 aliphatic rings. The van der Waals surface area contributed by atoms with Crippen LogP contribution in [0.15, 0.2) is 16.6 Å². The lowest BCUT2D eigenvalue weighted by Crippen LogP contribution is -2.08. The van der Waals surface area contributed by atoms with Crippen LogP contribution in [0.25, 0.3) is 0 Å². The highest BCUT2D eigenvalue weighted by molar-refractivity contribution is 5.83. The van der Waals surface area contributed by atoms with Crippen molar-refractivity contribution in [2.45, 2.75) is 32.2 Å². The quantitative estimate of drug-likeness (QED) is 0.622. The van der Waals surface area contributed by atoms with Crippen molar-refractivity contribution in [1.82, 2.24) is 0 Å². The van der Waals surface area contributed by atoms with E-state index in [1.54, 1.807) is 0 Å². The Labute approximate surface area is 78.5 Å². The molecule has 0 saturated carbocycles. The molecule has 72 valence electrons. The Balaban J connectivity index is 2.41. The topological polar surface area (TPSA) is 38.7 Å². The molecule has 13 heavy (non-hydrogen) atoms. The second kappa shape index (κ2) is 3.73. The summed E-state index contributed by atoms with van der Waals surface area (Å²) in [6.45, 7) is 4.07. The van der Waals surface area contributed by atoms with E-state index in [-0.39, 0.29) is 11.5 Å². The monoisotopic (exact) mass is 181 g/mol. The molecule has 0 radical (unpaired) electrons. The summed E-state index contributed by atoms with van der Waals surface area (Å²) >= 11 is 0. The van der Waals surface area contributed by atoms with Crippen LogP contribution in [-0.2, 0) is 9.53 Å². The van der Waals surface area contributed by atoms with E-state index in [0.717, 1.165) is 12.0 Å². The predicted molar refractivity (Wildman–Crippen MR) is 51.9 cm³/mol. The Morgan fingerprint density at radius 2 is 2.31 bits per heavy atom. The van der Waals surface area contributed by atoms with E-state index in [1.807, 2.05) is 20.1 Å². The standard InChI is InChI=1S/C10H15NO2/c1-10(2)6-8(7-11-10)4-5-9(12)13-3/h6-7H,4-5H2,1-3H3. The van der Waals surface area contributed by atoms with Gasteiger partial charge in [0.2, 0.25) is 0 Å². The number of hydrogen-bond donors (Lipinski definition) is 0.